The van der Waals surface area contributed by atoms with E-state index in [4.69, 9.17) is 10.5 Å². The minimum absolute atomic E-state index is 0.281. The molecule has 2 aromatic carbocycles. The topological polar surface area (TPSA) is 81.4 Å². The molecule has 0 aliphatic carbocycles. The summed E-state index contributed by atoms with van der Waals surface area (Å²) in [5.74, 6) is 0.000868. The standard InChI is InChI=1S/C18H16N2O3/c19-18(22)14-3-1-2-4-15(14)20-17(21)8-6-12-5-7-16-13(11-12)9-10-23-16/h1-8,11H,9-10H2,(H2,19,22)(H,20,21). The van der Waals surface area contributed by atoms with Gasteiger partial charge in [-0.3, -0.25) is 9.59 Å². The van der Waals surface area contributed by atoms with Gasteiger partial charge in [-0.05, 0) is 41.5 Å². The van der Waals surface area contributed by atoms with Gasteiger partial charge in [-0.1, -0.05) is 18.2 Å². The Balaban J connectivity index is 1.71. The molecule has 5 heteroatoms. The second kappa shape index (κ2) is 6.36. The molecule has 3 N–H and O–H groups in total. The van der Waals surface area contributed by atoms with Gasteiger partial charge < -0.3 is 15.8 Å². The van der Waals surface area contributed by atoms with E-state index < -0.39 is 5.91 Å². The molecule has 0 bridgehead atoms. The van der Waals surface area contributed by atoms with E-state index in [1.807, 2.05) is 18.2 Å². The first-order chi connectivity index (χ1) is 11.1. The lowest BCUT2D eigenvalue weighted by Crippen LogP contribution is -2.16. The van der Waals surface area contributed by atoms with Crippen LogP contribution in [0.5, 0.6) is 5.75 Å². The van der Waals surface area contributed by atoms with E-state index in [1.54, 1.807) is 30.3 Å². The van der Waals surface area contributed by atoms with Crippen molar-refractivity contribution in [2.45, 2.75) is 6.42 Å². The molecule has 2 aromatic rings. The van der Waals surface area contributed by atoms with E-state index in [0.29, 0.717) is 12.3 Å². The number of hydrogen-bond donors (Lipinski definition) is 2. The number of ether oxygens (including phenoxy) is 1. The zero-order valence-corrected chi connectivity index (χ0v) is 12.4. The van der Waals surface area contributed by atoms with E-state index in [1.165, 1.54) is 6.08 Å². The molecule has 1 aliphatic rings. The number of primary amides is 1. The molecule has 0 unspecified atom stereocenters. The third kappa shape index (κ3) is 3.40. The molecule has 23 heavy (non-hydrogen) atoms. The number of anilines is 1. The first-order valence-electron chi connectivity index (χ1n) is 7.27. The predicted octanol–water partition coefficient (Wildman–Crippen LogP) is 2.37. The van der Waals surface area contributed by atoms with Crippen LogP contribution in [0, 0.1) is 0 Å². The maximum atomic E-state index is 12.0. The molecule has 116 valence electrons. The predicted molar refractivity (Wildman–Crippen MR) is 88.3 cm³/mol. The Bertz CT molecular complexity index is 797. The van der Waals surface area contributed by atoms with E-state index >= 15 is 0 Å². The van der Waals surface area contributed by atoms with Gasteiger partial charge in [-0.15, -0.1) is 0 Å². The summed E-state index contributed by atoms with van der Waals surface area (Å²) in [6.45, 7) is 0.701. The van der Waals surface area contributed by atoms with Crippen molar-refractivity contribution in [2.75, 3.05) is 11.9 Å². The molecule has 0 radical (unpaired) electrons. The maximum absolute atomic E-state index is 12.0. The first-order valence-corrected chi connectivity index (χ1v) is 7.27. The number of amides is 2. The highest BCUT2D eigenvalue weighted by molar-refractivity contribution is 6.07. The van der Waals surface area contributed by atoms with Crippen LogP contribution in [0.25, 0.3) is 6.08 Å². The lowest BCUT2D eigenvalue weighted by Gasteiger charge is -2.06. The number of rotatable bonds is 4. The molecule has 0 atom stereocenters. The van der Waals surface area contributed by atoms with Gasteiger partial charge in [0, 0.05) is 12.5 Å². The zero-order valence-electron chi connectivity index (χ0n) is 12.4. The number of carbonyl (C=O) groups is 2. The van der Waals surface area contributed by atoms with E-state index in [9.17, 15) is 9.59 Å². The summed E-state index contributed by atoms with van der Waals surface area (Å²) in [6.07, 6.45) is 4.03. The van der Waals surface area contributed by atoms with Gasteiger partial charge >= 0.3 is 0 Å². The summed E-state index contributed by atoms with van der Waals surface area (Å²) in [5.41, 5.74) is 8.04. The largest absolute Gasteiger partial charge is 0.493 e. The number of para-hydroxylation sites is 1. The van der Waals surface area contributed by atoms with Crippen LogP contribution in [0.15, 0.2) is 48.5 Å². The SMILES string of the molecule is NC(=O)c1ccccc1NC(=O)C=Cc1ccc2c(c1)CCO2. The minimum atomic E-state index is -0.580. The average molecular weight is 308 g/mol. The fourth-order valence-corrected chi connectivity index (χ4v) is 2.46. The number of benzene rings is 2. The molecule has 0 fully saturated rings. The second-order valence-corrected chi connectivity index (χ2v) is 5.20. The Hall–Kier alpha value is -3.08. The van der Waals surface area contributed by atoms with Crippen LogP contribution in [0.1, 0.15) is 21.5 Å². The molecule has 1 aliphatic heterocycles. The summed E-state index contributed by atoms with van der Waals surface area (Å²) >= 11 is 0. The highest BCUT2D eigenvalue weighted by Gasteiger charge is 2.11. The Kier molecular flexibility index (Phi) is 4.10. The molecule has 2 amide bonds. The third-order valence-electron chi connectivity index (χ3n) is 3.59. The van der Waals surface area contributed by atoms with Gasteiger partial charge in [0.1, 0.15) is 5.75 Å². The number of fused-ring (bicyclic) bond motifs is 1. The van der Waals surface area contributed by atoms with Crippen LogP contribution in [0.3, 0.4) is 0 Å². The van der Waals surface area contributed by atoms with Crippen LogP contribution in [0.4, 0.5) is 5.69 Å². The van der Waals surface area contributed by atoms with E-state index in [2.05, 4.69) is 5.32 Å². The summed E-state index contributed by atoms with van der Waals surface area (Å²) in [4.78, 5) is 23.4. The molecule has 0 saturated heterocycles. The van der Waals surface area contributed by atoms with Gasteiger partial charge in [0.2, 0.25) is 5.91 Å². The summed E-state index contributed by atoms with van der Waals surface area (Å²) in [6, 6.07) is 12.4. The Labute approximate surface area is 133 Å². The number of carbonyl (C=O) groups excluding carboxylic acids is 2. The highest BCUT2D eigenvalue weighted by atomic mass is 16.5. The van der Waals surface area contributed by atoms with Gasteiger partial charge in [0.05, 0.1) is 17.9 Å². The summed E-state index contributed by atoms with van der Waals surface area (Å²) in [7, 11) is 0. The smallest absolute Gasteiger partial charge is 0.250 e. The van der Waals surface area contributed by atoms with Crippen molar-refractivity contribution in [1.82, 2.24) is 0 Å². The molecule has 0 spiro atoms. The molecule has 1 heterocycles. The first kappa shape index (κ1) is 14.8. The monoisotopic (exact) mass is 308 g/mol. The molecular weight excluding hydrogens is 292 g/mol. The summed E-state index contributed by atoms with van der Waals surface area (Å²) < 4.78 is 5.45. The average Bonchev–Trinajstić information content (AvgIpc) is 3.01. The van der Waals surface area contributed by atoms with Gasteiger partial charge in [0.15, 0.2) is 0 Å². The quantitative estimate of drug-likeness (QED) is 0.851. The number of nitrogens with two attached hydrogens (primary N) is 1. The van der Waals surface area contributed by atoms with Gasteiger partial charge in [-0.2, -0.15) is 0 Å². The van der Waals surface area contributed by atoms with Crippen LogP contribution >= 0.6 is 0 Å². The van der Waals surface area contributed by atoms with Crippen molar-refractivity contribution in [1.29, 1.82) is 0 Å². The molecule has 0 saturated carbocycles. The molecule has 0 aromatic heterocycles. The van der Waals surface area contributed by atoms with Gasteiger partial charge in [0.25, 0.3) is 5.91 Å². The Morgan fingerprint density at radius 1 is 1.17 bits per heavy atom. The molecule has 3 rings (SSSR count). The highest BCUT2D eigenvalue weighted by Crippen LogP contribution is 2.26. The molecular formula is C18H16N2O3. The number of nitrogens with one attached hydrogen (secondary N) is 1. The normalized spacial score (nSPS) is 12.7. The number of hydrogen-bond acceptors (Lipinski definition) is 3. The van der Waals surface area contributed by atoms with E-state index in [0.717, 1.165) is 23.3 Å². The summed E-state index contributed by atoms with van der Waals surface area (Å²) in [5, 5.41) is 2.66. The second-order valence-electron chi connectivity index (χ2n) is 5.20. The van der Waals surface area contributed by atoms with Crippen LogP contribution in [-0.4, -0.2) is 18.4 Å². The minimum Gasteiger partial charge on any atom is -0.493 e. The van der Waals surface area contributed by atoms with Crippen molar-refractivity contribution in [3.05, 3.63) is 65.2 Å². The van der Waals surface area contributed by atoms with Crippen LogP contribution in [0.2, 0.25) is 0 Å². The fourth-order valence-electron chi connectivity index (χ4n) is 2.46. The van der Waals surface area contributed by atoms with Crippen molar-refractivity contribution in [2.24, 2.45) is 5.73 Å². The lowest BCUT2D eigenvalue weighted by molar-refractivity contribution is -0.111. The lowest BCUT2D eigenvalue weighted by atomic mass is 10.1. The van der Waals surface area contributed by atoms with Gasteiger partial charge in [-0.25, -0.2) is 0 Å². The van der Waals surface area contributed by atoms with Crippen LogP contribution < -0.4 is 15.8 Å². The third-order valence-corrected chi connectivity index (χ3v) is 3.59. The fraction of sp³-hybridized carbons (Fsp3) is 0.111. The van der Waals surface area contributed by atoms with E-state index in [-0.39, 0.29) is 11.5 Å². The van der Waals surface area contributed by atoms with Crippen molar-refractivity contribution < 1.29 is 14.3 Å². The van der Waals surface area contributed by atoms with Crippen LogP contribution in [-0.2, 0) is 11.2 Å². The Morgan fingerprint density at radius 3 is 2.83 bits per heavy atom. The van der Waals surface area contributed by atoms with Crippen molar-refractivity contribution in [3.8, 4) is 5.75 Å². The zero-order chi connectivity index (χ0) is 16.2. The maximum Gasteiger partial charge on any atom is 0.250 e. The molecule has 5 nitrogen and oxygen atoms in total. The van der Waals surface area contributed by atoms with Crippen molar-refractivity contribution in [3.63, 3.8) is 0 Å². The Morgan fingerprint density at radius 2 is 2.00 bits per heavy atom. The van der Waals surface area contributed by atoms with Crippen molar-refractivity contribution >= 4 is 23.6 Å².